The third-order valence-corrected chi connectivity index (χ3v) is 3.52. The van der Waals surface area contributed by atoms with E-state index in [0.29, 0.717) is 6.42 Å². The van der Waals surface area contributed by atoms with Gasteiger partial charge in [0.2, 0.25) is 0 Å². The molecule has 1 heterocycles. The Hall–Kier alpha value is -1.27. The maximum absolute atomic E-state index is 12.7. The van der Waals surface area contributed by atoms with Crippen LogP contribution in [-0.4, -0.2) is 18.2 Å². The molecule has 0 amide bonds. The second-order valence-electron chi connectivity index (χ2n) is 4.92. The van der Waals surface area contributed by atoms with Crippen LogP contribution in [0.2, 0.25) is 0 Å². The highest BCUT2D eigenvalue weighted by Gasteiger charge is 2.34. The van der Waals surface area contributed by atoms with Crippen LogP contribution in [0.5, 0.6) is 0 Å². The number of nitrogens with two attached hydrogens (primary N) is 1. The van der Waals surface area contributed by atoms with Crippen molar-refractivity contribution in [2.45, 2.75) is 25.1 Å². The summed E-state index contributed by atoms with van der Waals surface area (Å²) in [7, 11) is 0. The summed E-state index contributed by atoms with van der Waals surface area (Å²) in [6.45, 7) is 1.67. The quantitative estimate of drug-likeness (QED) is 0.741. The lowest BCUT2D eigenvalue weighted by atomic mass is 9.94. The van der Waals surface area contributed by atoms with Gasteiger partial charge in [-0.1, -0.05) is 12.1 Å². The Labute approximate surface area is 109 Å². The fraction of sp³-hybridized carbons (Fsp3) is 0.538. The number of nitrogen functional groups attached to an aromatic ring is 1. The highest BCUT2D eigenvalue weighted by atomic mass is 19.4. The summed E-state index contributed by atoms with van der Waals surface area (Å²) in [4.78, 5) is 0. The molecule has 0 saturated carbocycles. The molecule has 2 unspecified atom stereocenters. The first-order valence-corrected chi connectivity index (χ1v) is 6.24. The third-order valence-electron chi connectivity index (χ3n) is 3.52. The number of alkyl halides is 3. The van der Waals surface area contributed by atoms with Crippen molar-refractivity contribution < 1.29 is 18.3 Å². The maximum Gasteiger partial charge on any atom is 0.418 e. The fourth-order valence-corrected chi connectivity index (χ4v) is 2.48. The molecular weight excluding hydrogens is 257 g/mol. The number of hydrogen-bond acceptors (Lipinski definition) is 3. The van der Waals surface area contributed by atoms with Gasteiger partial charge in [-0.2, -0.15) is 13.2 Å². The lowest BCUT2D eigenvalue weighted by Crippen LogP contribution is -2.15. The Balaban J connectivity index is 2.19. The van der Waals surface area contributed by atoms with E-state index in [9.17, 15) is 18.3 Å². The molecule has 0 bridgehead atoms. The van der Waals surface area contributed by atoms with Gasteiger partial charge in [-0.3, -0.25) is 0 Å². The van der Waals surface area contributed by atoms with Gasteiger partial charge in [0.1, 0.15) is 0 Å². The minimum Gasteiger partial charge on any atom is -0.398 e. The maximum atomic E-state index is 12.7. The van der Waals surface area contributed by atoms with Crippen molar-refractivity contribution >= 4 is 5.69 Å². The van der Waals surface area contributed by atoms with E-state index in [1.807, 2.05) is 0 Å². The topological polar surface area (TPSA) is 58.3 Å². The van der Waals surface area contributed by atoms with E-state index in [4.69, 9.17) is 5.73 Å². The van der Waals surface area contributed by atoms with Gasteiger partial charge in [0.15, 0.2) is 0 Å². The van der Waals surface area contributed by atoms with Gasteiger partial charge in [-0.05, 0) is 37.9 Å². The van der Waals surface area contributed by atoms with Crippen LogP contribution in [0.1, 0.15) is 30.1 Å². The van der Waals surface area contributed by atoms with E-state index in [2.05, 4.69) is 5.32 Å². The van der Waals surface area contributed by atoms with Crippen molar-refractivity contribution in [2.24, 2.45) is 5.92 Å². The minimum atomic E-state index is -4.49. The number of hydrogen-bond donors (Lipinski definition) is 3. The molecule has 0 aromatic heterocycles. The zero-order valence-corrected chi connectivity index (χ0v) is 10.4. The molecule has 1 aromatic carbocycles. The summed E-state index contributed by atoms with van der Waals surface area (Å²) in [5, 5.41) is 13.2. The zero-order chi connectivity index (χ0) is 14.0. The van der Waals surface area contributed by atoms with Crippen molar-refractivity contribution in [1.82, 2.24) is 5.32 Å². The van der Waals surface area contributed by atoms with Crippen LogP contribution in [0.3, 0.4) is 0 Å². The van der Waals surface area contributed by atoms with Crippen LogP contribution in [0.4, 0.5) is 18.9 Å². The average molecular weight is 274 g/mol. The van der Waals surface area contributed by atoms with Gasteiger partial charge in [0, 0.05) is 11.3 Å². The summed E-state index contributed by atoms with van der Waals surface area (Å²) < 4.78 is 38.2. The van der Waals surface area contributed by atoms with Crippen LogP contribution >= 0.6 is 0 Å². The van der Waals surface area contributed by atoms with E-state index < -0.39 is 17.8 Å². The first-order valence-electron chi connectivity index (χ1n) is 6.24. The number of benzene rings is 1. The van der Waals surface area contributed by atoms with Crippen molar-refractivity contribution in [3.8, 4) is 0 Å². The van der Waals surface area contributed by atoms with Crippen LogP contribution in [0.25, 0.3) is 0 Å². The number of anilines is 1. The van der Waals surface area contributed by atoms with Crippen LogP contribution in [-0.2, 0) is 6.18 Å². The van der Waals surface area contributed by atoms with E-state index >= 15 is 0 Å². The first-order chi connectivity index (χ1) is 8.89. The largest absolute Gasteiger partial charge is 0.418 e. The van der Waals surface area contributed by atoms with Gasteiger partial charge >= 0.3 is 6.18 Å². The molecule has 2 atom stereocenters. The molecule has 0 spiro atoms. The molecule has 0 radical (unpaired) electrons. The smallest absolute Gasteiger partial charge is 0.398 e. The molecule has 3 nitrogen and oxygen atoms in total. The van der Waals surface area contributed by atoms with Crippen molar-refractivity contribution in [3.05, 3.63) is 29.3 Å². The van der Waals surface area contributed by atoms with Gasteiger partial charge in [-0.15, -0.1) is 0 Å². The lowest BCUT2D eigenvalue weighted by molar-refractivity contribution is -0.137. The van der Waals surface area contributed by atoms with E-state index in [1.165, 1.54) is 12.1 Å². The molecule has 106 valence electrons. The van der Waals surface area contributed by atoms with Crippen LogP contribution in [0.15, 0.2) is 18.2 Å². The molecule has 6 heteroatoms. The molecule has 1 aliphatic rings. The molecule has 1 aliphatic heterocycles. The molecule has 2 rings (SSSR count). The number of nitrogens with one attached hydrogen (secondary N) is 1. The fourth-order valence-electron chi connectivity index (χ4n) is 2.48. The Morgan fingerprint density at radius 3 is 2.74 bits per heavy atom. The highest BCUT2D eigenvalue weighted by molar-refractivity contribution is 5.56. The standard InChI is InChI=1S/C13H17F3N2O/c14-13(15,16)10-3-1-2-9(12(10)17)11(19)6-8-4-5-18-7-8/h1-3,8,11,18-19H,4-7,17H2. The molecule has 1 fully saturated rings. The monoisotopic (exact) mass is 274 g/mol. The number of para-hydroxylation sites is 1. The van der Waals surface area contributed by atoms with E-state index in [1.54, 1.807) is 0 Å². The number of halogens is 3. The molecule has 0 aliphatic carbocycles. The van der Waals surface area contributed by atoms with Crippen LogP contribution in [0, 0.1) is 5.92 Å². The molecule has 4 N–H and O–H groups in total. The van der Waals surface area contributed by atoms with Gasteiger partial charge < -0.3 is 16.2 Å². The van der Waals surface area contributed by atoms with E-state index in [0.717, 1.165) is 25.6 Å². The Morgan fingerprint density at radius 2 is 2.16 bits per heavy atom. The second-order valence-corrected chi connectivity index (χ2v) is 4.92. The van der Waals surface area contributed by atoms with Gasteiger partial charge in [-0.25, -0.2) is 0 Å². The number of aliphatic hydroxyl groups excluding tert-OH is 1. The van der Waals surface area contributed by atoms with Crippen molar-refractivity contribution in [1.29, 1.82) is 0 Å². The summed E-state index contributed by atoms with van der Waals surface area (Å²) in [5.74, 6) is 0.281. The summed E-state index contributed by atoms with van der Waals surface area (Å²) >= 11 is 0. The average Bonchev–Trinajstić information content (AvgIpc) is 2.80. The van der Waals surface area contributed by atoms with Crippen molar-refractivity contribution in [2.75, 3.05) is 18.8 Å². The molecular formula is C13H17F3N2O. The summed E-state index contributed by atoms with van der Waals surface area (Å²) in [5.41, 5.74) is 4.47. The third kappa shape index (κ3) is 3.19. The lowest BCUT2D eigenvalue weighted by Gasteiger charge is -2.19. The normalized spacial score (nSPS) is 21.6. The van der Waals surface area contributed by atoms with Crippen molar-refractivity contribution in [3.63, 3.8) is 0 Å². The minimum absolute atomic E-state index is 0.168. The Bertz CT molecular complexity index is 442. The van der Waals surface area contributed by atoms with Gasteiger partial charge in [0.25, 0.3) is 0 Å². The summed E-state index contributed by atoms with van der Waals surface area (Å²) in [6.07, 6.45) is -4.09. The Morgan fingerprint density at radius 1 is 1.42 bits per heavy atom. The zero-order valence-electron chi connectivity index (χ0n) is 10.4. The molecule has 1 saturated heterocycles. The first kappa shape index (κ1) is 14.1. The SMILES string of the molecule is Nc1c(C(O)CC2CCNC2)cccc1C(F)(F)F. The molecule has 19 heavy (non-hydrogen) atoms. The number of aliphatic hydroxyl groups is 1. The number of rotatable bonds is 3. The van der Waals surface area contributed by atoms with Crippen LogP contribution < -0.4 is 11.1 Å². The predicted molar refractivity (Wildman–Crippen MR) is 66.4 cm³/mol. The Kier molecular flexibility index (Phi) is 4.01. The van der Waals surface area contributed by atoms with E-state index in [-0.39, 0.29) is 17.2 Å². The predicted octanol–water partition coefficient (Wildman–Crippen LogP) is 2.32. The highest BCUT2D eigenvalue weighted by Crippen LogP contribution is 2.38. The van der Waals surface area contributed by atoms with Gasteiger partial charge in [0.05, 0.1) is 11.7 Å². The second kappa shape index (κ2) is 5.38. The summed E-state index contributed by atoms with van der Waals surface area (Å²) in [6, 6.07) is 3.67. The molecule has 1 aromatic rings.